The number of benzene rings is 1. The van der Waals surface area contributed by atoms with E-state index in [4.69, 9.17) is 4.42 Å². The topological polar surface area (TPSA) is 81.9 Å². The predicted octanol–water partition coefficient (Wildman–Crippen LogP) is 3.07. The molecule has 1 aromatic heterocycles. The number of carbonyl (C=O) groups is 1. The Balaban J connectivity index is 1.47. The summed E-state index contributed by atoms with van der Waals surface area (Å²) in [7, 11) is 0. The molecule has 2 aromatic rings. The molecule has 1 aliphatic rings. The number of nitrogens with zero attached hydrogens (tertiary/aromatic N) is 2. The molecular formula is C22H31N5O2. The number of amides is 1. The molecule has 1 saturated heterocycles. The molecule has 1 aliphatic heterocycles. The monoisotopic (exact) mass is 397 g/mol. The first-order valence-corrected chi connectivity index (χ1v) is 10.4. The summed E-state index contributed by atoms with van der Waals surface area (Å²) < 4.78 is 5.10. The third-order valence-corrected chi connectivity index (χ3v) is 4.89. The van der Waals surface area contributed by atoms with Crippen LogP contribution in [-0.4, -0.2) is 49.5 Å². The van der Waals surface area contributed by atoms with Crippen LogP contribution < -0.4 is 16.0 Å². The number of hydrogen-bond acceptors (Lipinski definition) is 4. The van der Waals surface area contributed by atoms with Gasteiger partial charge in [0.05, 0.1) is 12.8 Å². The van der Waals surface area contributed by atoms with Crippen LogP contribution in [0, 0.1) is 0 Å². The molecule has 7 nitrogen and oxygen atoms in total. The Morgan fingerprint density at radius 2 is 1.90 bits per heavy atom. The van der Waals surface area contributed by atoms with Crippen LogP contribution in [0.3, 0.4) is 0 Å². The Morgan fingerprint density at radius 3 is 2.59 bits per heavy atom. The highest BCUT2D eigenvalue weighted by Crippen LogP contribution is 2.12. The van der Waals surface area contributed by atoms with E-state index in [0.29, 0.717) is 12.3 Å². The molecule has 7 heteroatoms. The van der Waals surface area contributed by atoms with Crippen molar-refractivity contribution in [1.29, 1.82) is 0 Å². The minimum atomic E-state index is -0.256. The lowest BCUT2D eigenvalue weighted by atomic mass is 10.1. The van der Waals surface area contributed by atoms with Gasteiger partial charge in [-0.2, -0.15) is 0 Å². The van der Waals surface area contributed by atoms with Crippen molar-refractivity contribution in [1.82, 2.24) is 15.5 Å². The van der Waals surface area contributed by atoms with E-state index in [1.807, 2.05) is 24.3 Å². The molecule has 3 rings (SSSR count). The summed E-state index contributed by atoms with van der Waals surface area (Å²) in [6.45, 7) is 7.82. The number of carbonyl (C=O) groups excluding carboxylic acids is 1. The van der Waals surface area contributed by atoms with Gasteiger partial charge in [-0.15, -0.1) is 0 Å². The van der Waals surface area contributed by atoms with Gasteiger partial charge in [-0.05, 0) is 62.7 Å². The zero-order valence-electron chi connectivity index (χ0n) is 17.1. The molecular weight excluding hydrogens is 366 g/mol. The van der Waals surface area contributed by atoms with Crippen molar-refractivity contribution in [3.8, 4) is 0 Å². The first-order valence-electron chi connectivity index (χ1n) is 10.4. The summed E-state index contributed by atoms with van der Waals surface area (Å²) in [6.07, 6.45) is 5.47. The second-order valence-electron chi connectivity index (χ2n) is 7.15. The van der Waals surface area contributed by atoms with Crippen molar-refractivity contribution in [2.45, 2.75) is 32.7 Å². The predicted molar refractivity (Wildman–Crippen MR) is 116 cm³/mol. The summed E-state index contributed by atoms with van der Waals surface area (Å²) in [6, 6.07) is 11.0. The van der Waals surface area contributed by atoms with Crippen molar-refractivity contribution in [3.63, 3.8) is 0 Å². The van der Waals surface area contributed by atoms with Crippen LogP contribution in [0.15, 0.2) is 52.1 Å². The fraction of sp³-hybridized carbons (Fsp3) is 0.455. The molecule has 0 unspecified atom stereocenters. The van der Waals surface area contributed by atoms with Gasteiger partial charge >= 0.3 is 0 Å². The molecule has 1 aromatic carbocycles. The lowest BCUT2D eigenvalue weighted by Gasteiger charge is -2.26. The van der Waals surface area contributed by atoms with Gasteiger partial charge in [0.2, 0.25) is 0 Å². The third-order valence-electron chi connectivity index (χ3n) is 4.89. The van der Waals surface area contributed by atoms with Gasteiger partial charge in [-0.25, -0.2) is 4.99 Å². The van der Waals surface area contributed by atoms with E-state index in [-0.39, 0.29) is 5.91 Å². The van der Waals surface area contributed by atoms with Crippen molar-refractivity contribution in [2.24, 2.45) is 4.99 Å². The number of guanidine groups is 1. The van der Waals surface area contributed by atoms with Gasteiger partial charge in [-0.1, -0.05) is 18.6 Å². The largest absolute Gasteiger partial charge is 0.459 e. The zero-order valence-corrected chi connectivity index (χ0v) is 17.1. The van der Waals surface area contributed by atoms with Gasteiger partial charge in [0, 0.05) is 25.3 Å². The smallest absolute Gasteiger partial charge is 0.291 e. The minimum absolute atomic E-state index is 0.256. The Hall–Kier alpha value is -2.80. The standard InChI is InChI=1S/C22H31N5O2/c1-2-23-22(24-12-15-27-13-4-3-5-14-27)25-17-18-8-10-19(11-9-18)26-21(28)20-7-6-16-29-20/h6-11,16H,2-5,12-15,17H2,1H3,(H,26,28)(H2,23,24,25). The van der Waals surface area contributed by atoms with E-state index >= 15 is 0 Å². The Bertz CT molecular complexity index is 765. The lowest BCUT2D eigenvalue weighted by molar-refractivity contribution is 0.0996. The molecule has 0 atom stereocenters. The number of aliphatic imine (C=N–C) groups is 1. The summed E-state index contributed by atoms with van der Waals surface area (Å²) in [5, 5.41) is 9.54. The normalized spacial score (nSPS) is 15.1. The van der Waals surface area contributed by atoms with Crippen LogP contribution in [0.1, 0.15) is 42.3 Å². The van der Waals surface area contributed by atoms with Crippen LogP contribution in [0.5, 0.6) is 0 Å². The maximum atomic E-state index is 12.0. The molecule has 2 heterocycles. The SMILES string of the molecule is CCNC(=NCc1ccc(NC(=O)c2ccco2)cc1)NCCN1CCCCC1. The van der Waals surface area contributed by atoms with Gasteiger partial charge in [0.1, 0.15) is 0 Å². The third kappa shape index (κ3) is 6.94. The second-order valence-corrected chi connectivity index (χ2v) is 7.15. The number of anilines is 1. The highest BCUT2D eigenvalue weighted by Gasteiger charge is 2.10. The summed E-state index contributed by atoms with van der Waals surface area (Å²) in [5.41, 5.74) is 1.81. The number of hydrogen-bond donors (Lipinski definition) is 3. The highest BCUT2D eigenvalue weighted by molar-refractivity contribution is 6.02. The first-order chi connectivity index (χ1) is 14.2. The quantitative estimate of drug-likeness (QED) is 0.471. The molecule has 29 heavy (non-hydrogen) atoms. The Kier molecular flexibility index (Phi) is 8.12. The molecule has 0 bridgehead atoms. The van der Waals surface area contributed by atoms with Crippen LogP contribution >= 0.6 is 0 Å². The van der Waals surface area contributed by atoms with Crippen LogP contribution in [0.4, 0.5) is 5.69 Å². The van der Waals surface area contributed by atoms with Gasteiger partial charge in [0.25, 0.3) is 5.91 Å². The molecule has 1 amide bonds. The van der Waals surface area contributed by atoms with Gasteiger partial charge in [-0.3, -0.25) is 4.79 Å². The second kappa shape index (κ2) is 11.3. The number of furan rings is 1. The number of rotatable bonds is 8. The van der Waals surface area contributed by atoms with Crippen molar-refractivity contribution in [2.75, 3.05) is 38.0 Å². The van der Waals surface area contributed by atoms with Crippen molar-refractivity contribution < 1.29 is 9.21 Å². The average Bonchev–Trinajstić information content (AvgIpc) is 3.29. The van der Waals surface area contributed by atoms with Gasteiger partial charge in [0.15, 0.2) is 11.7 Å². The number of piperidine rings is 1. The van der Waals surface area contributed by atoms with E-state index in [1.165, 1.54) is 38.6 Å². The summed E-state index contributed by atoms with van der Waals surface area (Å²) in [4.78, 5) is 19.2. The zero-order chi connectivity index (χ0) is 20.3. The fourth-order valence-corrected chi connectivity index (χ4v) is 3.32. The number of likely N-dealkylation sites (tertiary alicyclic amines) is 1. The highest BCUT2D eigenvalue weighted by atomic mass is 16.3. The molecule has 0 aliphatic carbocycles. The number of nitrogens with one attached hydrogen (secondary N) is 3. The van der Waals surface area contributed by atoms with E-state index < -0.39 is 0 Å². The van der Waals surface area contributed by atoms with E-state index in [2.05, 4.69) is 32.8 Å². The van der Waals surface area contributed by atoms with Gasteiger partial charge < -0.3 is 25.3 Å². The molecule has 156 valence electrons. The van der Waals surface area contributed by atoms with Crippen LogP contribution in [-0.2, 0) is 6.54 Å². The van der Waals surface area contributed by atoms with Crippen molar-refractivity contribution in [3.05, 3.63) is 54.0 Å². The molecule has 0 radical (unpaired) electrons. The lowest BCUT2D eigenvalue weighted by Crippen LogP contribution is -2.42. The first kappa shape index (κ1) is 20.9. The van der Waals surface area contributed by atoms with E-state index in [9.17, 15) is 4.79 Å². The molecule has 1 fully saturated rings. The molecule has 0 spiro atoms. The Morgan fingerprint density at radius 1 is 1.10 bits per heavy atom. The van der Waals surface area contributed by atoms with E-state index in [1.54, 1.807) is 12.1 Å². The Labute approximate surface area is 172 Å². The van der Waals surface area contributed by atoms with Crippen molar-refractivity contribution >= 4 is 17.6 Å². The van der Waals surface area contributed by atoms with E-state index in [0.717, 1.165) is 36.8 Å². The summed E-state index contributed by atoms with van der Waals surface area (Å²) in [5.74, 6) is 0.873. The molecule has 0 saturated carbocycles. The minimum Gasteiger partial charge on any atom is -0.459 e. The summed E-state index contributed by atoms with van der Waals surface area (Å²) >= 11 is 0. The average molecular weight is 398 g/mol. The maximum absolute atomic E-state index is 12.0. The fourth-order valence-electron chi connectivity index (χ4n) is 3.32. The maximum Gasteiger partial charge on any atom is 0.291 e. The molecule has 3 N–H and O–H groups in total. The van der Waals surface area contributed by atoms with Crippen LogP contribution in [0.2, 0.25) is 0 Å². The van der Waals surface area contributed by atoms with Crippen LogP contribution in [0.25, 0.3) is 0 Å².